The zero-order chi connectivity index (χ0) is 16.0. The number of hydrogen-bond acceptors (Lipinski definition) is 1. The summed E-state index contributed by atoms with van der Waals surface area (Å²) in [6.45, 7) is 4.42. The summed E-state index contributed by atoms with van der Waals surface area (Å²) in [6, 6.07) is 20.7. The van der Waals surface area contributed by atoms with Crippen molar-refractivity contribution in [3.63, 3.8) is 0 Å². The van der Waals surface area contributed by atoms with E-state index in [1.807, 2.05) is 24.3 Å². The lowest BCUT2D eigenvalue weighted by Crippen LogP contribution is -2.23. The Morgan fingerprint density at radius 1 is 0.955 bits per heavy atom. The molecule has 0 aliphatic carbocycles. The molecule has 1 atom stereocenters. The van der Waals surface area contributed by atoms with Gasteiger partial charge < -0.3 is 5.11 Å². The molecule has 116 valence electrons. The maximum absolute atomic E-state index is 11.5. The molecule has 2 aromatic carbocycles. The fraction of sp³-hybridized carbons (Fsp3) is 0.316. The monoisotopic (exact) mass is 315 g/mol. The molecule has 3 heteroatoms. The van der Waals surface area contributed by atoms with Crippen molar-refractivity contribution < 1.29 is 9.90 Å². The van der Waals surface area contributed by atoms with Crippen LogP contribution < -0.4 is 5.30 Å². The summed E-state index contributed by atoms with van der Waals surface area (Å²) >= 11 is 0. The van der Waals surface area contributed by atoms with Gasteiger partial charge in [0.05, 0.1) is 31.3 Å². The first kappa shape index (κ1) is 16.7. The Bertz CT molecular complexity index is 591. The van der Waals surface area contributed by atoms with Gasteiger partial charge in [-0.3, -0.25) is 4.79 Å². The van der Waals surface area contributed by atoms with Crippen molar-refractivity contribution in [3.05, 3.63) is 66.2 Å². The molecule has 2 rings (SSSR count). The Kier molecular flexibility index (Phi) is 5.74. The second-order valence-electron chi connectivity index (χ2n) is 5.53. The summed E-state index contributed by atoms with van der Waals surface area (Å²) in [7, 11) is -1.58. The molecular weight excluding hydrogens is 291 g/mol. The fourth-order valence-electron chi connectivity index (χ4n) is 3.35. The van der Waals surface area contributed by atoms with Gasteiger partial charge in [0.1, 0.15) is 5.66 Å². The largest absolute Gasteiger partial charge is 0.481 e. The number of hydrogen-bond donors (Lipinski definition) is 1. The van der Waals surface area contributed by atoms with Gasteiger partial charge in [0, 0.05) is 0 Å². The van der Waals surface area contributed by atoms with Crippen molar-refractivity contribution in [2.24, 2.45) is 0 Å². The first-order valence-electron chi connectivity index (χ1n) is 7.83. The van der Waals surface area contributed by atoms with Crippen LogP contribution in [0.5, 0.6) is 0 Å². The predicted octanol–water partition coefficient (Wildman–Crippen LogP) is 4.59. The van der Waals surface area contributed by atoms with Crippen LogP contribution in [0.2, 0.25) is 0 Å². The Morgan fingerprint density at radius 3 is 1.91 bits per heavy atom. The van der Waals surface area contributed by atoms with Gasteiger partial charge >= 0.3 is 5.97 Å². The lowest BCUT2D eigenvalue weighted by atomic mass is 10.1. The van der Waals surface area contributed by atoms with Gasteiger partial charge in [0.15, 0.2) is 0 Å². The smallest absolute Gasteiger partial charge is 0.307 e. The molecule has 22 heavy (non-hydrogen) atoms. The maximum atomic E-state index is 11.5. The molecule has 1 unspecified atom stereocenters. The Labute approximate surface area is 133 Å². The molecule has 0 amide bonds. The average Bonchev–Trinajstić information content (AvgIpc) is 2.57. The van der Waals surface area contributed by atoms with Gasteiger partial charge in [0.2, 0.25) is 0 Å². The van der Waals surface area contributed by atoms with Crippen LogP contribution in [0.25, 0.3) is 0 Å². The molecule has 2 nitrogen and oxygen atoms in total. The average molecular weight is 315 g/mol. The van der Waals surface area contributed by atoms with E-state index in [-0.39, 0.29) is 12.1 Å². The lowest BCUT2D eigenvalue weighted by molar-refractivity contribution is -0.137. The Hall–Kier alpha value is -1.66. The van der Waals surface area contributed by atoms with Gasteiger partial charge in [-0.2, -0.15) is 0 Å². The van der Waals surface area contributed by atoms with Crippen LogP contribution >= 0.6 is 7.26 Å². The van der Waals surface area contributed by atoms with E-state index in [2.05, 4.69) is 50.2 Å². The third kappa shape index (κ3) is 3.39. The van der Waals surface area contributed by atoms with E-state index in [4.69, 9.17) is 0 Å². The van der Waals surface area contributed by atoms with Gasteiger partial charge in [-0.25, -0.2) is 0 Å². The van der Waals surface area contributed by atoms with Crippen LogP contribution in [0.15, 0.2) is 60.7 Å². The number of carbonyl (C=O) groups is 1. The zero-order valence-corrected chi connectivity index (χ0v) is 14.2. The van der Waals surface area contributed by atoms with Crippen LogP contribution in [-0.4, -0.2) is 23.4 Å². The van der Waals surface area contributed by atoms with Crippen molar-refractivity contribution in [1.82, 2.24) is 0 Å². The molecule has 0 aliphatic rings. The Balaban J connectivity index is 2.56. The maximum Gasteiger partial charge on any atom is 0.307 e. The van der Waals surface area contributed by atoms with E-state index >= 15 is 0 Å². The van der Waals surface area contributed by atoms with Crippen molar-refractivity contribution >= 4 is 18.5 Å². The molecule has 0 heterocycles. The molecule has 0 radical (unpaired) electrons. The van der Waals surface area contributed by atoms with E-state index in [0.29, 0.717) is 0 Å². The summed E-state index contributed by atoms with van der Waals surface area (Å²) in [4.78, 5) is 11.5. The van der Waals surface area contributed by atoms with Crippen LogP contribution in [0, 0.1) is 0 Å². The van der Waals surface area contributed by atoms with Crippen molar-refractivity contribution in [2.75, 3.05) is 12.3 Å². The summed E-state index contributed by atoms with van der Waals surface area (Å²) in [5.74, 6) is -0.712. The molecule has 0 aliphatic heterocycles. The van der Waals surface area contributed by atoms with Gasteiger partial charge in [-0.05, 0) is 31.5 Å². The second-order valence-corrected chi connectivity index (χ2v) is 10.00. The van der Waals surface area contributed by atoms with Gasteiger partial charge in [-0.1, -0.05) is 48.5 Å². The number of rotatable bonds is 7. The fourth-order valence-corrected chi connectivity index (χ4v) is 7.79. The van der Waals surface area contributed by atoms with E-state index in [1.54, 1.807) is 0 Å². The minimum atomic E-state index is -1.58. The number of carboxylic acid groups (broad SMARTS) is 1. The summed E-state index contributed by atoms with van der Waals surface area (Å²) < 4.78 is 0. The summed E-state index contributed by atoms with van der Waals surface area (Å²) in [5, 5.41) is 10.8. The minimum absolute atomic E-state index is 0.0867. The molecule has 0 fully saturated rings. The lowest BCUT2D eigenvalue weighted by Gasteiger charge is -2.33. The summed E-state index contributed by atoms with van der Waals surface area (Å²) in [6.07, 6.45) is 2.26. The third-order valence-corrected chi connectivity index (χ3v) is 9.81. The van der Waals surface area contributed by atoms with Crippen molar-refractivity contribution in [3.8, 4) is 0 Å². The molecule has 0 spiro atoms. The SMILES string of the molecule is CC[P+](CC)(c1ccccc1)C(CC(=O)O)c1ccccc1. The van der Waals surface area contributed by atoms with E-state index in [9.17, 15) is 9.90 Å². The highest BCUT2D eigenvalue weighted by molar-refractivity contribution is 7.83. The normalized spacial score (nSPS) is 12.8. The molecule has 0 saturated heterocycles. The number of carboxylic acids is 1. The number of aliphatic carboxylic acids is 1. The standard InChI is InChI=1S/C19H23O2P/c1-3-22(4-2,17-13-9-6-10-14-17)18(15-19(20)21)16-11-7-5-8-12-16/h5-14,18H,3-4,15H2,1-2H3/p+1. The molecule has 0 bridgehead atoms. The van der Waals surface area contributed by atoms with Gasteiger partial charge in [0.25, 0.3) is 0 Å². The van der Waals surface area contributed by atoms with Crippen LogP contribution in [-0.2, 0) is 4.79 Å². The van der Waals surface area contributed by atoms with Crippen molar-refractivity contribution in [1.29, 1.82) is 0 Å². The topological polar surface area (TPSA) is 37.3 Å². The highest BCUT2D eigenvalue weighted by atomic mass is 31.2. The first-order valence-corrected chi connectivity index (χ1v) is 10.1. The van der Waals surface area contributed by atoms with Crippen LogP contribution in [0.4, 0.5) is 0 Å². The predicted molar refractivity (Wildman–Crippen MR) is 95.5 cm³/mol. The van der Waals surface area contributed by atoms with Crippen molar-refractivity contribution in [2.45, 2.75) is 25.9 Å². The second kappa shape index (κ2) is 7.56. The van der Waals surface area contributed by atoms with Crippen LogP contribution in [0.1, 0.15) is 31.5 Å². The summed E-state index contributed by atoms with van der Waals surface area (Å²) in [5.41, 5.74) is 1.24. The zero-order valence-electron chi connectivity index (χ0n) is 13.3. The molecule has 0 aromatic heterocycles. The third-order valence-electron chi connectivity index (χ3n) is 4.55. The minimum Gasteiger partial charge on any atom is -0.481 e. The quantitative estimate of drug-likeness (QED) is 0.759. The first-order chi connectivity index (χ1) is 10.6. The molecule has 0 saturated carbocycles. The molecule has 1 N–H and O–H groups in total. The van der Waals surface area contributed by atoms with E-state index in [0.717, 1.165) is 17.9 Å². The highest BCUT2D eigenvalue weighted by Crippen LogP contribution is 2.69. The number of benzene rings is 2. The molecule has 2 aromatic rings. The van der Waals surface area contributed by atoms with Gasteiger partial charge in [-0.15, -0.1) is 0 Å². The highest BCUT2D eigenvalue weighted by Gasteiger charge is 2.46. The van der Waals surface area contributed by atoms with Crippen LogP contribution in [0.3, 0.4) is 0 Å². The molecular formula is C19H24O2P+. The van der Waals surface area contributed by atoms with E-state index in [1.165, 1.54) is 5.30 Å². The Morgan fingerprint density at radius 2 is 1.45 bits per heavy atom. The van der Waals surface area contributed by atoms with E-state index < -0.39 is 13.2 Å².